The van der Waals surface area contributed by atoms with Crippen molar-refractivity contribution in [2.45, 2.75) is 32.1 Å². The summed E-state index contributed by atoms with van der Waals surface area (Å²) in [5, 5.41) is 3.05. The molecule has 2 heterocycles. The molecule has 2 aromatic carbocycles. The molecule has 0 radical (unpaired) electrons. The van der Waals surface area contributed by atoms with Crippen LogP contribution in [0.3, 0.4) is 0 Å². The van der Waals surface area contributed by atoms with Crippen molar-refractivity contribution in [2.75, 3.05) is 24.5 Å². The van der Waals surface area contributed by atoms with Crippen LogP contribution in [0.5, 0.6) is 0 Å². The van der Waals surface area contributed by atoms with E-state index in [9.17, 15) is 9.18 Å². The van der Waals surface area contributed by atoms with Crippen LogP contribution >= 0.6 is 0 Å². The SMILES string of the molecule is O=C(NCC1CC1)c1cnc(-c2ccc(F)cc2)nc1N1CCC(Cc2ccccc2)CC1. The second-order valence-corrected chi connectivity index (χ2v) is 9.21. The fourth-order valence-electron chi connectivity index (χ4n) is 4.46. The molecule has 0 bridgehead atoms. The molecule has 5 rings (SSSR count). The summed E-state index contributed by atoms with van der Waals surface area (Å²) in [5.74, 6) is 2.00. The second-order valence-electron chi connectivity index (χ2n) is 9.21. The average Bonchev–Trinajstić information content (AvgIpc) is 3.69. The van der Waals surface area contributed by atoms with Gasteiger partial charge in [0.05, 0.1) is 0 Å². The topological polar surface area (TPSA) is 58.1 Å². The highest BCUT2D eigenvalue weighted by Crippen LogP contribution is 2.30. The average molecular weight is 445 g/mol. The third kappa shape index (κ3) is 5.38. The molecule has 0 spiro atoms. The van der Waals surface area contributed by atoms with E-state index in [0.717, 1.165) is 37.9 Å². The van der Waals surface area contributed by atoms with Gasteiger partial charge in [-0.05, 0) is 73.8 Å². The Morgan fingerprint density at radius 2 is 1.70 bits per heavy atom. The predicted molar refractivity (Wildman–Crippen MR) is 128 cm³/mol. The van der Waals surface area contributed by atoms with Crippen LogP contribution in [0, 0.1) is 17.7 Å². The molecule has 3 aromatic rings. The van der Waals surface area contributed by atoms with Crippen molar-refractivity contribution in [3.05, 3.63) is 77.7 Å². The number of hydrogen-bond donors (Lipinski definition) is 1. The number of rotatable bonds is 7. The minimum Gasteiger partial charge on any atom is -0.356 e. The number of aromatic nitrogens is 2. The summed E-state index contributed by atoms with van der Waals surface area (Å²) >= 11 is 0. The highest BCUT2D eigenvalue weighted by Gasteiger charge is 2.27. The van der Waals surface area contributed by atoms with Crippen molar-refractivity contribution in [1.29, 1.82) is 0 Å². The molecule has 2 fully saturated rings. The zero-order valence-electron chi connectivity index (χ0n) is 18.7. The molecule has 1 aliphatic carbocycles. The molecular formula is C27H29FN4O. The van der Waals surface area contributed by atoms with Gasteiger partial charge in [0.1, 0.15) is 17.2 Å². The monoisotopic (exact) mass is 444 g/mol. The van der Waals surface area contributed by atoms with Crippen molar-refractivity contribution in [3.8, 4) is 11.4 Å². The van der Waals surface area contributed by atoms with Gasteiger partial charge in [-0.15, -0.1) is 0 Å². The van der Waals surface area contributed by atoms with Crippen molar-refractivity contribution < 1.29 is 9.18 Å². The Bertz CT molecular complexity index is 1090. The van der Waals surface area contributed by atoms with Gasteiger partial charge in [-0.1, -0.05) is 30.3 Å². The first kappa shape index (κ1) is 21.6. The number of anilines is 1. The van der Waals surface area contributed by atoms with Gasteiger partial charge >= 0.3 is 0 Å². The minimum atomic E-state index is -0.296. The number of carbonyl (C=O) groups is 1. The van der Waals surface area contributed by atoms with E-state index in [2.05, 4.69) is 45.5 Å². The Balaban J connectivity index is 1.35. The van der Waals surface area contributed by atoms with Gasteiger partial charge in [-0.3, -0.25) is 4.79 Å². The normalized spacial score (nSPS) is 16.6. The van der Waals surface area contributed by atoms with Crippen molar-refractivity contribution >= 4 is 11.7 Å². The van der Waals surface area contributed by atoms with E-state index < -0.39 is 0 Å². The zero-order chi connectivity index (χ0) is 22.6. The fraction of sp³-hybridized carbons (Fsp3) is 0.370. The Labute approximate surface area is 194 Å². The van der Waals surface area contributed by atoms with Crippen molar-refractivity contribution in [3.63, 3.8) is 0 Å². The van der Waals surface area contributed by atoms with Gasteiger partial charge in [-0.25, -0.2) is 14.4 Å². The van der Waals surface area contributed by atoms with Crippen LogP contribution in [0.25, 0.3) is 11.4 Å². The van der Waals surface area contributed by atoms with Crippen LogP contribution in [0.15, 0.2) is 60.8 Å². The third-order valence-corrected chi connectivity index (χ3v) is 6.65. The molecule has 0 atom stereocenters. The Morgan fingerprint density at radius 3 is 2.39 bits per heavy atom. The molecule has 1 aromatic heterocycles. The van der Waals surface area contributed by atoms with E-state index in [1.54, 1.807) is 18.3 Å². The Kier molecular flexibility index (Phi) is 6.33. The van der Waals surface area contributed by atoms with Gasteiger partial charge in [0.15, 0.2) is 5.82 Å². The van der Waals surface area contributed by atoms with Crippen LogP contribution in [0.4, 0.5) is 10.2 Å². The van der Waals surface area contributed by atoms with E-state index in [0.29, 0.717) is 35.6 Å². The Hall–Kier alpha value is -3.28. The molecule has 1 saturated heterocycles. The van der Waals surface area contributed by atoms with E-state index in [1.807, 2.05) is 0 Å². The number of piperidine rings is 1. The molecule has 5 nitrogen and oxygen atoms in total. The van der Waals surface area contributed by atoms with Crippen LogP contribution in [0.2, 0.25) is 0 Å². The minimum absolute atomic E-state index is 0.117. The first-order chi connectivity index (χ1) is 16.2. The van der Waals surface area contributed by atoms with E-state index in [-0.39, 0.29) is 11.7 Å². The molecule has 1 N–H and O–H groups in total. The number of amides is 1. The fourth-order valence-corrected chi connectivity index (χ4v) is 4.46. The maximum absolute atomic E-state index is 13.4. The molecule has 33 heavy (non-hydrogen) atoms. The van der Waals surface area contributed by atoms with Crippen LogP contribution in [0.1, 0.15) is 41.6 Å². The van der Waals surface area contributed by atoms with Gasteiger partial charge < -0.3 is 10.2 Å². The second kappa shape index (κ2) is 9.69. The van der Waals surface area contributed by atoms with Gasteiger partial charge in [0.25, 0.3) is 5.91 Å². The quantitative estimate of drug-likeness (QED) is 0.564. The molecule has 170 valence electrons. The molecule has 1 saturated carbocycles. The summed E-state index contributed by atoms with van der Waals surface area (Å²) in [5.41, 5.74) is 2.63. The number of nitrogens with one attached hydrogen (secondary N) is 1. The predicted octanol–water partition coefficient (Wildman–Crippen LogP) is 4.88. The van der Waals surface area contributed by atoms with E-state index in [4.69, 9.17) is 4.98 Å². The van der Waals surface area contributed by atoms with Crippen LogP contribution < -0.4 is 10.2 Å². The van der Waals surface area contributed by atoms with Crippen LogP contribution in [-0.2, 0) is 6.42 Å². The first-order valence-electron chi connectivity index (χ1n) is 11.9. The summed E-state index contributed by atoms with van der Waals surface area (Å²) in [4.78, 5) is 24.4. The Morgan fingerprint density at radius 1 is 0.970 bits per heavy atom. The van der Waals surface area contributed by atoms with Crippen LogP contribution in [-0.4, -0.2) is 35.5 Å². The number of halogens is 1. The van der Waals surface area contributed by atoms with Gasteiger partial charge in [0, 0.05) is 31.4 Å². The van der Waals surface area contributed by atoms with E-state index >= 15 is 0 Å². The summed E-state index contributed by atoms with van der Waals surface area (Å²) in [6.07, 6.45) is 7.17. The third-order valence-electron chi connectivity index (χ3n) is 6.65. The standard InChI is InChI=1S/C27H29FN4O/c28-23-10-8-22(9-11-23)25-29-18-24(27(33)30-17-21-6-7-21)26(31-25)32-14-12-20(13-15-32)16-19-4-2-1-3-5-19/h1-5,8-11,18,20-21H,6-7,12-17H2,(H,30,33). The summed E-state index contributed by atoms with van der Waals surface area (Å²) in [6, 6.07) is 16.8. The molecule has 1 amide bonds. The largest absolute Gasteiger partial charge is 0.356 e. The first-order valence-corrected chi connectivity index (χ1v) is 11.9. The number of benzene rings is 2. The molecule has 1 aliphatic heterocycles. The lowest BCUT2D eigenvalue weighted by atomic mass is 9.90. The summed E-state index contributed by atoms with van der Waals surface area (Å²) in [7, 11) is 0. The molecule has 0 unspecified atom stereocenters. The zero-order valence-corrected chi connectivity index (χ0v) is 18.7. The number of carbonyl (C=O) groups excluding carboxylic acids is 1. The summed E-state index contributed by atoms with van der Waals surface area (Å²) < 4.78 is 13.4. The van der Waals surface area contributed by atoms with E-state index in [1.165, 1.54) is 30.5 Å². The molecule has 6 heteroatoms. The van der Waals surface area contributed by atoms with Gasteiger partial charge in [-0.2, -0.15) is 0 Å². The maximum atomic E-state index is 13.4. The highest BCUT2D eigenvalue weighted by atomic mass is 19.1. The molecule has 2 aliphatic rings. The lowest BCUT2D eigenvalue weighted by Crippen LogP contribution is -2.37. The highest BCUT2D eigenvalue weighted by molar-refractivity contribution is 5.99. The number of nitrogens with zero attached hydrogens (tertiary/aromatic N) is 3. The van der Waals surface area contributed by atoms with Gasteiger partial charge in [0.2, 0.25) is 0 Å². The maximum Gasteiger partial charge on any atom is 0.256 e. The smallest absolute Gasteiger partial charge is 0.256 e. The van der Waals surface area contributed by atoms with Crippen molar-refractivity contribution in [1.82, 2.24) is 15.3 Å². The van der Waals surface area contributed by atoms with Crippen molar-refractivity contribution in [2.24, 2.45) is 11.8 Å². The summed E-state index contributed by atoms with van der Waals surface area (Å²) in [6.45, 7) is 2.40. The lowest BCUT2D eigenvalue weighted by Gasteiger charge is -2.34. The molecular weight excluding hydrogens is 415 g/mol. The number of hydrogen-bond acceptors (Lipinski definition) is 4. The lowest BCUT2D eigenvalue weighted by molar-refractivity contribution is 0.0951.